The molecule has 7 heteroatoms. The van der Waals surface area contributed by atoms with Crippen LogP contribution in [0, 0.1) is 0 Å². The van der Waals surface area contributed by atoms with Crippen LogP contribution in [-0.4, -0.2) is 29.1 Å². The predicted octanol–water partition coefficient (Wildman–Crippen LogP) is 3.41. The van der Waals surface area contributed by atoms with E-state index >= 15 is 0 Å². The third-order valence-corrected chi connectivity index (χ3v) is 4.32. The molecule has 1 aliphatic rings. The van der Waals surface area contributed by atoms with Gasteiger partial charge < -0.3 is 11.1 Å². The second kappa shape index (κ2) is 7.72. The summed E-state index contributed by atoms with van der Waals surface area (Å²) >= 11 is 0. The first kappa shape index (κ1) is 19.4. The van der Waals surface area contributed by atoms with Crippen molar-refractivity contribution in [2.75, 3.05) is 5.32 Å². The summed E-state index contributed by atoms with van der Waals surface area (Å²) in [6.07, 6.45) is 0.772. The van der Waals surface area contributed by atoms with Gasteiger partial charge in [-0.1, -0.05) is 30.3 Å². The number of hydrogen-bond acceptors (Lipinski definition) is 5. The van der Waals surface area contributed by atoms with Gasteiger partial charge in [0.25, 0.3) is 0 Å². The molecule has 2 aromatic rings. The molecule has 28 heavy (non-hydrogen) atoms. The summed E-state index contributed by atoms with van der Waals surface area (Å²) in [4.78, 5) is 28.2. The normalized spacial score (nSPS) is 16.2. The van der Waals surface area contributed by atoms with Crippen LogP contribution in [0.4, 0.5) is 11.4 Å². The lowest BCUT2D eigenvalue weighted by Gasteiger charge is -2.30. The van der Waals surface area contributed by atoms with E-state index in [1.54, 1.807) is 24.3 Å². The van der Waals surface area contributed by atoms with Crippen LogP contribution >= 0.6 is 0 Å². The summed E-state index contributed by atoms with van der Waals surface area (Å²) in [5, 5.41) is 11.1. The number of rotatable bonds is 5. The Morgan fingerprint density at radius 2 is 1.93 bits per heavy atom. The minimum absolute atomic E-state index is 0.181. The van der Waals surface area contributed by atoms with Gasteiger partial charge in [0.2, 0.25) is 11.8 Å². The molecule has 3 rings (SSSR count). The Kier molecular flexibility index (Phi) is 5.35. The van der Waals surface area contributed by atoms with Crippen molar-refractivity contribution in [1.29, 1.82) is 0 Å². The van der Waals surface area contributed by atoms with Crippen molar-refractivity contribution < 1.29 is 9.59 Å². The van der Waals surface area contributed by atoms with Gasteiger partial charge in [0.15, 0.2) is 6.04 Å². The third-order valence-electron chi connectivity index (χ3n) is 4.32. The average molecular weight is 377 g/mol. The molecule has 144 valence electrons. The first-order chi connectivity index (χ1) is 13.2. The zero-order chi connectivity index (χ0) is 20.3. The number of primary amides is 1. The number of nitrogens with two attached hydrogens (primary N) is 1. The van der Waals surface area contributed by atoms with Crippen LogP contribution in [0.1, 0.15) is 31.9 Å². The smallest absolute Gasteiger partial charge is 0.250 e. The van der Waals surface area contributed by atoms with Crippen molar-refractivity contribution in [3.8, 4) is 0 Å². The monoisotopic (exact) mass is 377 g/mol. The van der Waals surface area contributed by atoms with E-state index in [9.17, 15) is 9.59 Å². The number of nitrogens with zero attached hydrogens (tertiary/aromatic N) is 3. The van der Waals surface area contributed by atoms with Gasteiger partial charge in [-0.05, 0) is 44.0 Å². The van der Waals surface area contributed by atoms with E-state index in [-0.39, 0.29) is 11.4 Å². The van der Waals surface area contributed by atoms with Crippen LogP contribution in [0.5, 0.6) is 0 Å². The van der Waals surface area contributed by atoms with Gasteiger partial charge in [-0.2, -0.15) is 10.2 Å². The van der Waals surface area contributed by atoms with Crippen LogP contribution in [-0.2, 0) is 16.0 Å². The van der Waals surface area contributed by atoms with Crippen LogP contribution < -0.4 is 11.1 Å². The number of anilines is 1. The molecule has 0 aliphatic carbocycles. The molecule has 3 N–H and O–H groups in total. The van der Waals surface area contributed by atoms with Crippen molar-refractivity contribution in [3.63, 3.8) is 0 Å². The summed E-state index contributed by atoms with van der Waals surface area (Å²) in [6, 6.07) is 13.7. The Balaban J connectivity index is 1.96. The Hall–Kier alpha value is -3.35. The van der Waals surface area contributed by atoms with Crippen LogP contribution in [0.25, 0.3) is 0 Å². The number of hydrogen-bond donors (Lipinski definition) is 2. The number of fused-ring (bicyclic) bond motifs is 1. The van der Waals surface area contributed by atoms with Gasteiger partial charge >= 0.3 is 0 Å². The molecule has 0 radical (unpaired) electrons. The summed E-state index contributed by atoms with van der Waals surface area (Å²) < 4.78 is 0. The highest BCUT2D eigenvalue weighted by Gasteiger charge is 2.33. The Labute approximate surface area is 163 Å². The number of carbonyl (C=O) groups excluding carboxylic acids is 2. The fraction of sp³-hybridized carbons (Fsp3) is 0.286. The molecular weight excluding hydrogens is 354 g/mol. The number of aliphatic imine (C=N–C) groups is 1. The van der Waals surface area contributed by atoms with Crippen LogP contribution in [0.2, 0.25) is 0 Å². The largest absolute Gasteiger partial charge is 0.367 e. The molecule has 0 saturated heterocycles. The highest BCUT2D eigenvalue weighted by molar-refractivity contribution is 6.17. The standard InChI is InChI=1S/C21H23N5O2/c1-13(27)23-15-8-6-9-16(11-15)25-26-19(20(22)28)18-17-10-5-4-7-14(17)12-21(2,3)24-18/h4-11,19H,12H2,1-3H3,(H2,22,28)(H,23,27). The molecule has 7 nitrogen and oxygen atoms in total. The highest BCUT2D eigenvalue weighted by Crippen LogP contribution is 2.29. The maximum absolute atomic E-state index is 12.2. The lowest BCUT2D eigenvalue weighted by atomic mass is 9.85. The van der Waals surface area contributed by atoms with Crippen molar-refractivity contribution in [3.05, 3.63) is 59.7 Å². The molecule has 0 aromatic heterocycles. The van der Waals surface area contributed by atoms with Crippen molar-refractivity contribution in [1.82, 2.24) is 0 Å². The van der Waals surface area contributed by atoms with Gasteiger partial charge in [-0.25, -0.2) is 0 Å². The fourth-order valence-electron chi connectivity index (χ4n) is 3.24. The molecule has 2 amide bonds. The molecule has 0 spiro atoms. The highest BCUT2D eigenvalue weighted by atomic mass is 16.2. The number of carbonyl (C=O) groups is 2. The number of azo groups is 1. The van der Waals surface area contributed by atoms with E-state index in [4.69, 9.17) is 10.7 Å². The third kappa shape index (κ3) is 4.49. The molecule has 1 unspecified atom stereocenters. The maximum atomic E-state index is 12.2. The van der Waals surface area contributed by atoms with Crippen molar-refractivity contribution in [2.45, 2.75) is 38.8 Å². The molecule has 1 atom stereocenters. The first-order valence-electron chi connectivity index (χ1n) is 9.01. The first-order valence-corrected chi connectivity index (χ1v) is 9.01. The van der Waals surface area contributed by atoms with E-state index < -0.39 is 11.9 Å². The minimum atomic E-state index is -0.995. The number of amides is 2. The topological polar surface area (TPSA) is 109 Å². The zero-order valence-corrected chi connectivity index (χ0v) is 16.1. The molecular formula is C21H23N5O2. The van der Waals surface area contributed by atoms with Gasteiger partial charge in [-0.15, -0.1) is 0 Å². The second-order valence-electron chi connectivity index (χ2n) is 7.40. The summed E-state index contributed by atoms with van der Waals surface area (Å²) in [7, 11) is 0. The number of nitrogens with one attached hydrogen (secondary N) is 1. The molecule has 2 aromatic carbocycles. The van der Waals surface area contributed by atoms with E-state index in [1.165, 1.54) is 6.92 Å². The minimum Gasteiger partial charge on any atom is -0.367 e. The second-order valence-corrected chi connectivity index (χ2v) is 7.40. The SMILES string of the molecule is CC(=O)Nc1cccc(N=NC(C(N)=O)C2=NC(C)(C)Cc3ccccc32)c1. The molecule has 1 heterocycles. The number of benzene rings is 2. The Morgan fingerprint density at radius 1 is 1.18 bits per heavy atom. The summed E-state index contributed by atoms with van der Waals surface area (Å²) in [6.45, 7) is 5.45. The van der Waals surface area contributed by atoms with Gasteiger partial charge in [0.05, 0.1) is 16.9 Å². The molecule has 1 aliphatic heterocycles. The predicted molar refractivity (Wildman–Crippen MR) is 109 cm³/mol. The van der Waals surface area contributed by atoms with Crippen molar-refractivity contribution in [2.24, 2.45) is 21.0 Å². The Bertz CT molecular complexity index is 978. The fourth-order valence-corrected chi connectivity index (χ4v) is 3.24. The lowest BCUT2D eigenvalue weighted by Crippen LogP contribution is -2.40. The van der Waals surface area contributed by atoms with E-state index in [0.717, 1.165) is 17.5 Å². The van der Waals surface area contributed by atoms with Crippen molar-refractivity contribution >= 4 is 28.9 Å². The van der Waals surface area contributed by atoms with Gasteiger partial charge in [-0.3, -0.25) is 14.6 Å². The quantitative estimate of drug-likeness (QED) is 0.779. The molecule has 0 saturated carbocycles. The van der Waals surface area contributed by atoms with E-state index in [0.29, 0.717) is 17.1 Å². The summed E-state index contributed by atoms with van der Waals surface area (Å²) in [5.41, 5.74) is 8.88. The lowest BCUT2D eigenvalue weighted by molar-refractivity contribution is -0.118. The van der Waals surface area contributed by atoms with Gasteiger partial charge in [0, 0.05) is 18.2 Å². The zero-order valence-electron chi connectivity index (χ0n) is 16.1. The van der Waals surface area contributed by atoms with Crippen LogP contribution in [0.15, 0.2) is 63.8 Å². The van der Waals surface area contributed by atoms with Gasteiger partial charge in [0.1, 0.15) is 0 Å². The van der Waals surface area contributed by atoms with E-state index in [2.05, 4.69) is 15.5 Å². The molecule has 0 fully saturated rings. The van der Waals surface area contributed by atoms with Crippen LogP contribution in [0.3, 0.4) is 0 Å². The Morgan fingerprint density at radius 3 is 2.64 bits per heavy atom. The molecule has 0 bridgehead atoms. The summed E-state index contributed by atoms with van der Waals surface area (Å²) in [5.74, 6) is -0.799. The van der Waals surface area contributed by atoms with E-state index in [1.807, 2.05) is 38.1 Å². The maximum Gasteiger partial charge on any atom is 0.250 e. The average Bonchev–Trinajstić information content (AvgIpc) is 2.60.